The number of pyridine rings is 1. The quantitative estimate of drug-likeness (QED) is 0.131. The smallest absolute Gasteiger partial charge is 0.243 e. The minimum absolute atomic E-state index is 0.0182. The Morgan fingerprint density at radius 1 is 0.875 bits per heavy atom. The number of nitrogens with zero attached hydrogens (tertiary/aromatic N) is 1. The van der Waals surface area contributed by atoms with E-state index in [-0.39, 0.29) is 42.1 Å². The van der Waals surface area contributed by atoms with E-state index in [0.29, 0.717) is 11.3 Å². The number of ether oxygens (including phenoxy) is 2. The number of benzene rings is 4. The molecule has 3 N–H and O–H groups in total. The number of thioether (sulfide) groups is 1. The number of carbonyl (C=O) groups excluding carboxylic acids is 1. The first kappa shape index (κ1) is 33.8. The van der Waals surface area contributed by atoms with Gasteiger partial charge in [0, 0.05) is 52.9 Å². The number of anilines is 1. The number of amides is 1. The van der Waals surface area contributed by atoms with Crippen molar-refractivity contribution >= 4 is 44.3 Å². The van der Waals surface area contributed by atoms with Crippen LogP contribution in [0.25, 0.3) is 10.9 Å². The van der Waals surface area contributed by atoms with Gasteiger partial charge in [0.25, 0.3) is 0 Å². The van der Waals surface area contributed by atoms with Gasteiger partial charge in [-0.3, -0.25) is 9.78 Å². The van der Waals surface area contributed by atoms with Gasteiger partial charge in [0.05, 0.1) is 24.3 Å². The van der Waals surface area contributed by atoms with E-state index >= 15 is 0 Å². The molecule has 6 rings (SSSR count). The highest BCUT2D eigenvalue weighted by molar-refractivity contribution is 7.99. The van der Waals surface area contributed by atoms with E-state index in [1.807, 2.05) is 84.9 Å². The molecule has 1 aliphatic rings. The normalized spacial score (nSPS) is 19.6. The third-order valence-electron chi connectivity index (χ3n) is 8.32. The molecule has 0 aliphatic carbocycles. The van der Waals surface area contributed by atoms with Crippen molar-refractivity contribution in [2.45, 2.75) is 55.3 Å². The molecule has 248 valence electrons. The Bertz CT molecular complexity index is 1960. The third kappa shape index (κ3) is 7.95. The van der Waals surface area contributed by atoms with Crippen molar-refractivity contribution in [1.29, 1.82) is 0 Å². The number of hydrogen-bond acceptors (Lipinski definition) is 8. The second kappa shape index (κ2) is 15.0. The highest BCUT2D eigenvalue weighted by Gasteiger charge is 2.38. The zero-order chi connectivity index (χ0) is 33.7. The molecular weight excluding hydrogens is 647 g/mol. The van der Waals surface area contributed by atoms with Gasteiger partial charge in [0.2, 0.25) is 15.9 Å². The first-order valence-electron chi connectivity index (χ1n) is 15.6. The van der Waals surface area contributed by atoms with Crippen LogP contribution in [0.5, 0.6) is 0 Å². The Balaban J connectivity index is 1.17. The van der Waals surface area contributed by atoms with Gasteiger partial charge < -0.3 is 19.9 Å². The zero-order valence-corrected chi connectivity index (χ0v) is 28.2. The predicted octanol–water partition coefficient (Wildman–Crippen LogP) is 6.75. The summed E-state index contributed by atoms with van der Waals surface area (Å²) in [6, 6.07) is 31.8. The van der Waals surface area contributed by atoms with Gasteiger partial charge in [-0.25, -0.2) is 13.1 Å². The summed E-state index contributed by atoms with van der Waals surface area (Å²) < 4.78 is 42.3. The van der Waals surface area contributed by atoms with Gasteiger partial charge in [-0.1, -0.05) is 73.7 Å². The summed E-state index contributed by atoms with van der Waals surface area (Å²) in [6.07, 6.45) is 0.516. The van der Waals surface area contributed by atoms with E-state index in [1.54, 1.807) is 36.2 Å². The molecule has 0 bridgehead atoms. The molecule has 0 spiro atoms. The maximum atomic E-state index is 13.2. The predicted molar refractivity (Wildman–Crippen MR) is 187 cm³/mol. The molecule has 1 aliphatic heterocycles. The summed E-state index contributed by atoms with van der Waals surface area (Å²) in [5, 5.41) is 13.1. The lowest BCUT2D eigenvalue weighted by atomic mass is 9.91. The van der Waals surface area contributed by atoms with Crippen molar-refractivity contribution in [2.24, 2.45) is 5.92 Å². The second-order valence-electron chi connectivity index (χ2n) is 11.7. The Morgan fingerprint density at radius 2 is 1.56 bits per heavy atom. The molecule has 9 nitrogen and oxygen atoms in total. The topological polar surface area (TPSA) is 127 Å². The van der Waals surface area contributed by atoms with Crippen LogP contribution in [-0.2, 0) is 37.4 Å². The Hall–Kier alpha value is -4.10. The summed E-state index contributed by atoms with van der Waals surface area (Å²) in [4.78, 5) is 16.9. The number of fused-ring (bicyclic) bond motifs is 1. The van der Waals surface area contributed by atoms with Gasteiger partial charge in [-0.15, -0.1) is 11.8 Å². The van der Waals surface area contributed by atoms with Gasteiger partial charge in [-0.05, 0) is 53.1 Å². The highest BCUT2D eigenvalue weighted by atomic mass is 32.2. The number of rotatable bonds is 11. The van der Waals surface area contributed by atoms with Crippen LogP contribution in [0.2, 0.25) is 0 Å². The summed E-state index contributed by atoms with van der Waals surface area (Å²) >= 11 is 1.67. The SMILES string of the molecule is CC(=O)Nc1ccc(SC[C@H]2OC(c3ccc(CNS(=O)(=O)c4cccc5cccnc45)cc3)O[C@@H](c3ccc(CO)cc3)[C@H]2C)cc1. The van der Waals surface area contributed by atoms with E-state index in [2.05, 4.69) is 21.9 Å². The fraction of sp³-hybridized carbons (Fsp3) is 0.243. The largest absolute Gasteiger partial charge is 0.392 e. The van der Waals surface area contributed by atoms with Gasteiger partial charge in [0.15, 0.2) is 6.29 Å². The Morgan fingerprint density at radius 3 is 2.27 bits per heavy atom. The summed E-state index contributed by atoms with van der Waals surface area (Å²) in [6.45, 7) is 3.67. The zero-order valence-electron chi connectivity index (χ0n) is 26.6. The molecule has 1 fully saturated rings. The average molecular weight is 684 g/mol. The molecule has 11 heteroatoms. The van der Waals surface area contributed by atoms with Crippen molar-refractivity contribution in [3.63, 3.8) is 0 Å². The Kier molecular flexibility index (Phi) is 10.5. The minimum Gasteiger partial charge on any atom is -0.392 e. The number of aliphatic hydroxyl groups excluding tert-OH is 1. The summed E-state index contributed by atoms with van der Waals surface area (Å²) in [7, 11) is -3.81. The number of nitrogens with one attached hydrogen (secondary N) is 2. The van der Waals surface area contributed by atoms with Crippen LogP contribution in [-0.4, -0.2) is 36.3 Å². The van der Waals surface area contributed by atoms with E-state index in [1.165, 1.54) is 6.92 Å². The number of aromatic nitrogens is 1. The van der Waals surface area contributed by atoms with E-state index < -0.39 is 16.3 Å². The lowest BCUT2D eigenvalue weighted by molar-refractivity contribution is -0.268. The molecule has 0 saturated carbocycles. The summed E-state index contributed by atoms with van der Waals surface area (Å²) in [5.41, 5.74) is 4.60. The van der Waals surface area contributed by atoms with Crippen LogP contribution in [0, 0.1) is 5.92 Å². The Labute approximate surface area is 284 Å². The molecule has 4 aromatic carbocycles. The first-order chi connectivity index (χ1) is 23.2. The molecule has 4 atom stereocenters. The van der Waals surface area contributed by atoms with E-state index in [0.717, 1.165) is 38.2 Å². The lowest BCUT2D eigenvalue weighted by Crippen LogP contribution is -2.38. The first-order valence-corrected chi connectivity index (χ1v) is 18.1. The fourth-order valence-electron chi connectivity index (χ4n) is 5.67. The maximum Gasteiger partial charge on any atom is 0.243 e. The number of sulfonamides is 1. The van der Waals surface area contributed by atoms with E-state index in [9.17, 15) is 18.3 Å². The van der Waals surface area contributed by atoms with Crippen molar-refractivity contribution in [1.82, 2.24) is 9.71 Å². The average Bonchev–Trinajstić information content (AvgIpc) is 3.11. The molecule has 48 heavy (non-hydrogen) atoms. The highest BCUT2D eigenvalue weighted by Crippen LogP contribution is 2.43. The van der Waals surface area contributed by atoms with Crippen molar-refractivity contribution in [3.05, 3.63) is 132 Å². The van der Waals surface area contributed by atoms with Crippen LogP contribution >= 0.6 is 11.8 Å². The van der Waals surface area contributed by atoms with Crippen LogP contribution in [0.3, 0.4) is 0 Å². The molecular formula is C37H37N3O6S2. The fourth-order valence-corrected chi connectivity index (χ4v) is 7.93. The molecule has 2 heterocycles. The minimum atomic E-state index is -3.81. The van der Waals surface area contributed by atoms with Gasteiger partial charge in [-0.2, -0.15) is 0 Å². The second-order valence-corrected chi connectivity index (χ2v) is 14.6. The molecule has 0 radical (unpaired) electrons. The van der Waals surface area contributed by atoms with E-state index in [4.69, 9.17) is 9.47 Å². The molecule has 1 amide bonds. The van der Waals surface area contributed by atoms with Crippen LogP contribution in [0.15, 0.2) is 119 Å². The number of aliphatic hydroxyl groups is 1. The lowest BCUT2D eigenvalue weighted by Gasteiger charge is -2.41. The van der Waals surface area contributed by atoms with Gasteiger partial charge >= 0.3 is 0 Å². The maximum absolute atomic E-state index is 13.2. The standard InChI is InChI=1S/C37H37N3O6S2/c1-24-33(23-47-32-18-16-31(17-19-32)40-25(2)42)45-37(46-36(24)29-12-10-27(22-41)11-13-29)30-14-8-26(9-15-30)21-39-48(43,44)34-7-3-5-28-6-4-20-38-35(28)34/h3-20,24,33,36-37,39,41H,21-23H2,1-2H3,(H,40,42)/t24-,33+,36+,37?/m0/s1. The monoisotopic (exact) mass is 683 g/mol. The molecule has 1 saturated heterocycles. The molecule has 1 unspecified atom stereocenters. The van der Waals surface area contributed by atoms with Crippen molar-refractivity contribution in [3.8, 4) is 0 Å². The molecule has 1 aromatic heterocycles. The van der Waals surface area contributed by atoms with Crippen LogP contribution in [0.4, 0.5) is 5.69 Å². The summed E-state index contributed by atoms with van der Waals surface area (Å²) in [5.74, 6) is 0.579. The molecule has 5 aromatic rings. The number of para-hydroxylation sites is 1. The van der Waals surface area contributed by atoms with Crippen molar-refractivity contribution in [2.75, 3.05) is 11.1 Å². The van der Waals surface area contributed by atoms with Gasteiger partial charge in [0.1, 0.15) is 4.90 Å². The third-order valence-corrected chi connectivity index (χ3v) is 10.8. The number of hydrogen-bond donors (Lipinski definition) is 3. The van der Waals surface area contributed by atoms with Crippen molar-refractivity contribution < 1.29 is 27.8 Å². The van der Waals surface area contributed by atoms with Crippen LogP contribution in [0.1, 0.15) is 48.5 Å². The number of carbonyl (C=O) groups is 1. The van der Waals surface area contributed by atoms with Crippen LogP contribution < -0.4 is 10.0 Å².